The van der Waals surface area contributed by atoms with E-state index in [2.05, 4.69) is 5.32 Å². The lowest BCUT2D eigenvalue weighted by Crippen LogP contribution is -2.27. The van der Waals surface area contributed by atoms with Gasteiger partial charge in [0, 0.05) is 6.20 Å². The van der Waals surface area contributed by atoms with Crippen LogP contribution in [0, 0.1) is 11.3 Å². The van der Waals surface area contributed by atoms with Gasteiger partial charge < -0.3 is 11.1 Å². The monoisotopic (exact) mass is 199 g/mol. The van der Waals surface area contributed by atoms with Crippen LogP contribution in [-0.4, -0.2) is 5.50 Å². The van der Waals surface area contributed by atoms with Crippen LogP contribution in [0.1, 0.15) is 20.8 Å². The van der Waals surface area contributed by atoms with Gasteiger partial charge in [0.2, 0.25) is 0 Å². The summed E-state index contributed by atoms with van der Waals surface area (Å²) in [5.41, 5.74) is 6.82. The number of hydrogen-bond acceptors (Lipinski definition) is 3. The van der Waals surface area contributed by atoms with E-state index in [4.69, 9.17) is 22.6 Å². The molecule has 0 saturated carbocycles. The molecule has 13 heavy (non-hydrogen) atoms. The maximum Gasteiger partial charge on any atom is 0.139 e. The minimum Gasteiger partial charge on any atom is -0.398 e. The molecule has 1 unspecified atom stereocenters. The normalized spacial score (nSPS) is 20.5. The van der Waals surface area contributed by atoms with Gasteiger partial charge in [0.15, 0.2) is 0 Å². The first kappa shape index (κ1) is 11.9. The highest BCUT2D eigenvalue weighted by Gasteiger charge is 2.17. The van der Waals surface area contributed by atoms with Gasteiger partial charge in [-0.2, -0.15) is 5.26 Å². The Morgan fingerprint density at radius 1 is 1.62 bits per heavy atom. The Morgan fingerprint density at radius 3 is 2.54 bits per heavy atom. The fraction of sp³-hybridized carbons (Fsp3) is 0.444. The van der Waals surface area contributed by atoms with Gasteiger partial charge in [-0.3, -0.25) is 0 Å². The number of rotatable bonds is 0. The van der Waals surface area contributed by atoms with E-state index in [1.165, 1.54) is 0 Å². The number of dihydropyridines is 1. The second-order valence-corrected chi connectivity index (χ2v) is 2.73. The van der Waals surface area contributed by atoms with Gasteiger partial charge in [-0.25, -0.2) is 0 Å². The first-order chi connectivity index (χ1) is 6.16. The molecule has 0 aliphatic carbocycles. The molecule has 1 heterocycles. The van der Waals surface area contributed by atoms with Crippen molar-refractivity contribution in [1.82, 2.24) is 5.32 Å². The van der Waals surface area contributed by atoms with Crippen LogP contribution in [0.25, 0.3) is 0 Å². The van der Waals surface area contributed by atoms with Crippen LogP contribution in [0.4, 0.5) is 0 Å². The standard InChI is InChI=1S/C7H8ClN3.C2H6/c1-4-3-11-7(8)5(2-9)6(4)10;1-2/h3,7,11H,10H2,1H3;1-2H3. The van der Waals surface area contributed by atoms with Crippen molar-refractivity contribution in [2.24, 2.45) is 5.73 Å². The molecule has 0 aromatic carbocycles. The van der Waals surface area contributed by atoms with Gasteiger partial charge in [-0.05, 0) is 12.5 Å². The van der Waals surface area contributed by atoms with Gasteiger partial charge >= 0.3 is 0 Å². The Balaban J connectivity index is 0.000000671. The summed E-state index contributed by atoms with van der Waals surface area (Å²) in [6.45, 7) is 5.82. The largest absolute Gasteiger partial charge is 0.398 e. The quantitative estimate of drug-likeness (QED) is 0.462. The number of nitrogens with two attached hydrogens (primary N) is 1. The molecule has 0 radical (unpaired) electrons. The molecule has 72 valence electrons. The highest BCUT2D eigenvalue weighted by Crippen LogP contribution is 2.18. The summed E-state index contributed by atoms with van der Waals surface area (Å²) in [6, 6.07) is 1.95. The number of nitrogens with one attached hydrogen (secondary N) is 1. The molecule has 0 saturated heterocycles. The van der Waals surface area contributed by atoms with Gasteiger partial charge in [0.25, 0.3) is 0 Å². The Hall–Kier alpha value is -1.14. The van der Waals surface area contributed by atoms with E-state index in [9.17, 15) is 0 Å². The molecule has 1 aliphatic heterocycles. The number of allylic oxidation sites excluding steroid dienone is 1. The second-order valence-electron chi connectivity index (χ2n) is 2.30. The van der Waals surface area contributed by atoms with E-state index in [1.807, 2.05) is 26.8 Å². The molecule has 0 aromatic heterocycles. The molecule has 0 spiro atoms. The lowest BCUT2D eigenvalue weighted by molar-refractivity contribution is 0.840. The summed E-state index contributed by atoms with van der Waals surface area (Å²) in [7, 11) is 0. The molecule has 1 atom stereocenters. The van der Waals surface area contributed by atoms with E-state index in [1.54, 1.807) is 6.20 Å². The summed E-state index contributed by atoms with van der Waals surface area (Å²) >= 11 is 5.73. The third kappa shape index (κ3) is 2.67. The average Bonchev–Trinajstić information content (AvgIpc) is 2.16. The maximum absolute atomic E-state index is 8.61. The average molecular weight is 200 g/mol. The number of hydrogen-bond donors (Lipinski definition) is 2. The minimum absolute atomic E-state index is 0.395. The van der Waals surface area contributed by atoms with Gasteiger partial charge in [0.1, 0.15) is 11.6 Å². The van der Waals surface area contributed by atoms with Gasteiger partial charge in [-0.15, -0.1) is 0 Å². The van der Waals surface area contributed by atoms with E-state index in [0.29, 0.717) is 11.3 Å². The molecule has 0 fully saturated rings. The smallest absolute Gasteiger partial charge is 0.139 e. The van der Waals surface area contributed by atoms with Crippen molar-refractivity contribution in [3.8, 4) is 6.07 Å². The predicted molar refractivity (Wildman–Crippen MR) is 54.7 cm³/mol. The van der Waals surface area contributed by atoms with Crippen LogP contribution >= 0.6 is 11.6 Å². The highest BCUT2D eigenvalue weighted by molar-refractivity contribution is 6.22. The molecule has 1 aliphatic rings. The van der Waals surface area contributed by atoms with Crippen molar-refractivity contribution in [3.05, 3.63) is 23.0 Å². The zero-order valence-corrected chi connectivity index (χ0v) is 8.81. The van der Waals surface area contributed by atoms with Gasteiger partial charge in [0.05, 0.1) is 11.3 Å². The Morgan fingerprint density at radius 2 is 2.15 bits per heavy atom. The number of nitrogens with zero attached hydrogens (tertiary/aromatic N) is 1. The third-order valence-electron chi connectivity index (χ3n) is 1.54. The predicted octanol–water partition coefficient (Wildman–Crippen LogP) is 1.82. The number of halogens is 1. The lowest BCUT2D eigenvalue weighted by Gasteiger charge is -2.17. The SMILES string of the molecule is CC.CC1=CNC(Cl)C(C#N)=C1N. The molecule has 3 N–H and O–H groups in total. The van der Waals surface area contributed by atoms with E-state index in [0.717, 1.165) is 5.57 Å². The van der Waals surface area contributed by atoms with E-state index in [-0.39, 0.29) is 0 Å². The topological polar surface area (TPSA) is 61.8 Å². The van der Waals surface area contributed by atoms with Crippen LogP contribution < -0.4 is 11.1 Å². The molecular weight excluding hydrogens is 186 g/mol. The zero-order chi connectivity index (χ0) is 10.4. The van der Waals surface area contributed by atoms with Crippen LogP contribution in [0.15, 0.2) is 23.0 Å². The Kier molecular flexibility index (Phi) is 5.01. The number of nitriles is 1. The molecule has 1 rings (SSSR count). The first-order valence-electron chi connectivity index (χ1n) is 4.14. The molecular formula is C9H14ClN3. The summed E-state index contributed by atoms with van der Waals surface area (Å²) < 4.78 is 0. The summed E-state index contributed by atoms with van der Waals surface area (Å²) in [5, 5.41) is 11.4. The van der Waals surface area contributed by atoms with Crippen molar-refractivity contribution in [2.45, 2.75) is 26.3 Å². The van der Waals surface area contributed by atoms with Crippen molar-refractivity contribution in [3.63, 3.8) is 0 Å². The fourth-order valence-electron chi connectivity index (χ4n) is 0.825. The van der Waals surface area contributed by atoms with E-state index < -0.39 is 5.50 Å². The lowest BCUT2D eigenvalue weighted by atomic mass is 10.1. The molecule has 0 aromatic rings. The van der Waals surface area contributed by atoms with Crippen molar-refractivity contribution < 1.29 is 0 Å². The third-order valence-corrected chi connectivity index (χ3v) is 1.88. The van der Waals surface area contributed by atoms with Crippen LogP contribution in [-0.2, 0) is 0 Å². The Bertz CT molecular complexity index is 273. The van der Waals surface area contributed by atoms with Crippen molar-refractivity contribution in [2.75, 3.05) is 0 Å². The van der Waals surface area contributed by atoms with Crippen molar-refractivity contribution >= 4 is 11.6 Å². The number of alkyl halides is 1. The molecule has 4 heteroatoms. The fourth-order valence-corrected chi connectivity index (χ4v) is 1.05. The molecule has 0 bridgehead atoms. The van der Waals surface area contributed by atoms with Crippen LogP contribution in [0.3, 0.4) is 0 Å². The first-order valence-corrected chi connectivity index (χ1v) is 4.57. The van der Waals surface area contributed by atoms with E-state index >= 15 is 0 Å². The summed E-state index contributed by atoms with van der Waals surface area (Å²) in [4.78, 5) is 0. The van der Waals surface area contributed by atoms with Crippen molar-refractivity contribution in [1.29, 1.82) is 5.26 Å². The highest BCUT2D eigenvalue weighted by atomic mass is 35.5. The molecule has 3 nitrogen and oxygen atoms in total. The minimum atomic E-state index is -0.483. The Labute approximate surface area is 83.9 Å². The van der Waals surface area contributed by atoms with Crippen LogP contribution in [0.5, 0.6) is 0 Å². The zero-order valence-electron chi connectivity index (χ0n) is 8.06. The van der Waals surface area contributed by atoms with Gasteiger partial charge in [-0.1, -0.05) is 25.4 Å². The summed E-state index contributed by atoms with van der Waals surface area (Å²) in [5.74, 6) is 0. The summed E-state index contributed by atoms with van der Waals surface area (Å²) in [6.07, 6.45) is 1.70. The van der Waals surface area contributed by atoms with Crippen LogP contribution in [0.2, 0.25) is 0 Å². The second kappa shape index (κ2) is 5.50. The molecule has 0 amide bonds. The maximum atomic E-state index is 8.61.